The van der Waals surface area contributed by atoms with Crippen LogP contribution in [0.1, 0.15) is 23.6 Å². The van der Waals surface area contributed by atoms with Crippen LogP contribution >= 0.6 is 0 Å². The number of benzene rings is 2. The van der Waals surface area contributed by atoms with Crippen molar-refractivity contribution in [1.29, 1.82) is 0 Å². The summed E-state index contributed by atoms with van der Waals surface area (Å²) in [6.45, 7) is 1.41. The topological polar surface area (TPSA) is 80.3 Å². The Hall–Kier alpha value is -2.88. The van der Waals surface area contributed by atoms with Gasteiger partial charge in [0.1, 0.15) is 0 Å². The van der Waals surface area contributed by atoms with Gasteiger partial charge in [-0.25, -0.2) is 0 Å². The van der Waals surface area contributed by atoms with Crippen LogP contribution in [0.2, 0.25) is 0 Å². The highest BCUT2D eigenvalue weighted by Gasteiger charge is 2.15. The van der Waals surface area contributed by atoms with Crippen LogP contribution in [0.4, 0.5) is 0 Å². The lowest BCUT2D eigenvalue weighted by Crippen LogP contribution is -2.26. The fourth-order valence-corrected chi connectivity index (χ4v) is 3.14. The Morgan fingerprint density at radius 2 is 1.74 bits per heavy atom. The number of hydrogen-bond acceptors (Lipinski definition) is 4. The normalized spacial score (nSPS) is 14.3. The number of aryl methyl sites for hydroxylation is 2. The van der Waals surface area contributed by atoms with E-state index in [2.05, 4.69) is 6.07 Å². The zero-order valence-electron chi connectivity index (χ0n) is 12.6. The van der Waals surface area contributed by atoms with Gasteiger partial charge in [0.15, 0.2) is 0 Å². The molecule has 0 unspecified atom stereocenters. The van der Waals surface area contributed by atoms with E-state index in [4.69, 9.17) is 0 Å². The van der Waals surface area contributed by atoms with Gasteiger partial charge in [-0.1, -0.05) is 30.3 Å². The molecular formula is C19H14O4-2. The number of carbonyl (C=O) groups is 2. The molecule has 0 spiro atoms. The number of carboxylic acid groups (broad SMARTS) is 2. The summed E-state index contributed by atoms with van der Waals surface area (Å²) in [6, 6.07) is 9.83. The number of hydrogen-bond donors (Lipinski definition) is 0. The molecule has 1 aliphatic rings. The maximum atomic E-state index is 11.4. The maximum absolute atomic E-state index is 11.4. The zero-order chi connectivity index (χ0) is 16.6. The molecule has 0 heterocycles. The van der Waals surface area contributed by atoms with Gasteiger partial charge in [0.2, 0.25) is 0 Å². The Labute approximate surface area is 133 Å². The lowest BCUT2D eigenvalue weighted by atomic mass is 9.97. The minimum absolute atomic E-state index is 0.0910. The van der Waals surface area contributed by atoms with E-state index < -0.39 is 11.9 Å². The van der Waals surface area contributed by atoms with Crippen LogP contribution < -0.4 is 10.2 Å². The van der Waals surface area contributed by atoms with Crippen molar-refractivity contribution in [3.8, 4) is 0 Å². The quantitative estimate of drug-likeness (QED) is 0.617. The van der Waals surface area contributed by atoms with Gasteiger partial charge in [-0.2, -0.15) is 0 Å². The molecule has 0 aromatic heterocycles. The average Bonchev–Trinajstić information content (AvgIpc) is 2.90. The summed E-state index contributed by atoms with van der Waals surface area (Å²) in [5, 5.41) is 24.2. The second-order valence-electron chi connectivity index (χ2n) is 5.65. The molecule has 4 heteroatoms. The predicted molar refractivity (Wildman–Crippen MR) is 83.1 cm³/mol. The lowest BCUT2D eigenvalue weighted by Gasteiger charge is -2.12. The van der Waals surface area contributed by atoms with Gasteiger partial charge in [0.05, 0.1) is 11.9 Å². The molecule has 0 aliphatic heterocycles. The van der Waals surface area contributed by atoms with Crippen molar-refractivity contribution in [2.24, 2.45) is 0 Å². The van der Waals surface area contributed by atoms with Crippen molar-refractivity contribution >= 4 is 28.8 Å². The summed E-state index contributed by atoms with van der Waals surface area (Å²) < 4.78 is 0. The molecular weight excluding hydrogens is 292 g/mol. The fourth-order valence-electron chi connectivity index (χ4n) is 3.14. The Bertz CT molecular complexity index is 877. The third kappa shape index (κ3) is 2.75. The standard InChI is InChI=1S/C19H16O4/c1-11(9-17(20)21)16(19(22)23)10-14-8-7-13-6-5-12-3-2-4-15(14)18(12)13/h2-4,7-10H,5-6H2,1H3,(H,20,21)(H,22,23)/p-2/b11-9-,16-10-. The van der Waals surface area contributed by atoms with Gasteiger partial charge in [-0.3, -0.25) is 0 Å². The third-order valence-corrected chi connectivity index (χ3v) is 4.19. The van der Waals surface area contributed by atoms with E-state index in [9.17, 15) is 19.8 Å². The third-order valence-electron chi connectivity index (χ3n) is 4.19. The van der Waals surface area contributed by atoms with Gasteiger partial charge in [0.25, 0.3) is 0 Å². The van der Waals surface area contributed by atoms with Crippen LogP contribution in [-0.2, 0) is 22.4 Å². The van der Waals surface area contributed by atoms with Gasteiger partial charge in [0, 0.05) is 5.57 Å². The van der Waals surface area contributed by atoms with Crippen LogP contribution in [0.5, 0.6) is 0 Å². The highest BCUT2D eigenvalue weighted by Crippen LogP contribution is 2.33. The second kappa shape index (κ2) is 5.72. The highest BCUT2D eigenvalue weighted by molar-refractivity contribution is 6.02. The number of carbonyl (C=O) groups excluding carboxylic acids is 2. The first-order valence-electron chi connectivity index (χ1n) is 7.33. The molecule has 3 rings (SSSR count). The first kappa shape index (κ1) is 15.0. The first-order chi connectivity index (χ1) is 11.0. The summed E-state index contributed by atoms with van der Waals surface area (Å²) in [6.07, 6.45) is 4.20. The Morgan fingerprint density at radius 1 is 1.04 bits per heavy atom. The van der Waals surface area contributed by atoms with E-state index in [0.29, 0.717) is 0 Å². The van der Waals surface area contributed by atoms with Crippen LogP contribution in [0.3, 0.4) is 0 Å². The molecule has 1 aliphatic carbocycles. The van der Waals surface area contributed by atoms with Crippen molar-refractivity contribution in [2.75, 3.05) is 0 Å². The van der Waals surface area contributed by atoms with Gasteiger partial charge >= 0.3 is 0 Å². The average molecular weight is 306 g/mol. The Kier molecular flexibility index (Phi) is 3.74. The van der Waals surface area contributed by atoms with Gasteiger partial charge < -0.3 is 19.8 Å². The zero-order valence-corrected chi connectivity index (χ0v) is 12.6. The van der Waals surface area contributed by atoms with Crippen LogP contribution in [0.25, 0.3) is 16.8 Å². The van der Waals surface area contributed by atoms with Crippen LogP contribution in [-0.4, -0.2) is 11.9 Å². The van der Waals surface area contributed by atoms with E-state index in [1.807, 2.05) is 24.3 Å². The molecule has 0 amide bonds. The van der Waals surface area contributed by atoms with Crippen molar-refractivity contribution < 1.29 is 19.8 Å². The molecule has 0 N–H and O–H groups in total. The lowest BCUT2D eigenvalue weighted by molar-refractivity contribution is -0.298. The first-order valence-corrected chi connectivity index (χ1v) is 7.33. The number of aliphatic carboxylic acids is 2. The Balaban J connectivity index is 2.20. The smallest absolute Gasteiger partial charge is 0.0718 e. The summed E-state index contributed by atoms with van der Waals surface area (Å²) in [4.78, 5) is 22.0. The van der Waals surface area contributed by atoms with Crippen molar-refractivity contribution in [3.63, 3.8) is 0 Å². The van der Waals surface area contributed by atoms with Gasteiger partial charge in [-0.05, 0) is 65.0 Å². The summed E-state index contributed by atoms with van der Waals surface area (Å²) in [5.74, 6) is -2.85. The molecule has 2 aromatic rings. The van der Waals surface area contributed by atoms with E-state index >= 15 is 0 Å². The monoisotopic (exact) mass is 306 g/mol. The van der Waals surface area contributed by atoms with Crippen molar-refractivity contribution in [1.82, 2.24) is 0 Å². The van der Waals surface area contributed by atoms with E-state index in [-0.39, 0.29) is 11.1 Å². The summed E-state index contributed by atoms with van der Waals surface area (Å²) >= 11 is 0. The molecule has 0 atom stereocenters. The molecule has 0 saturated carbocycles. The molecule has 0 bridgehead atoms. The second-order valence-corrected chi connectivity index (χ2v) is 5.65. The van der Waals surface area contributed by atoms with Crippen molar-refractivity contribution in [2.45, 2.75) is 19.8 Å². The summed E-state index contributed by atoms with van der Waals surface area (Å²) in [5.41, 5.74) is 3.17. The van der Waals surface area contributed by atoms with E-state index in [1.165, 1.54) is 29.5 Å². The van der Waals surface area contributed by atoms with Crippen LogP contribution in [0, 0.1) is 0 Å². The Morgan fingerprint density at radius 3 is 2.39 bits per heavy atom. The molecule has 23 heavy (non-hydrogen) atoms. The molecule has 0 fully saturated rings. The van der Waals surface area contributed by atoms with Crippen LogP contribution in [0.15, 0.2) is 47.6 Å². The molecule has 0 saturated heterocycles. The predicted octanol–water partition coefficient (Wildman–Crippen LogP) is 0.768. The minimum Gasteiger partial charge on any atom is -0.545 e. The SMILES string of the molecule is CC(=C/C(=O)[O-])/C(=C/c1ccc2c3c(cccc13)CC2)C(=O)[O-]. The summed E-state index contributed by atoms with van der Waals surface area (Å²) in [7, 11) is 0. The molecule has 4 nitrogen and oxygen atoms in total. The van der Waals surface area contributed by atoms with Gasteiger partial charge in [-0.15, -0.1) is 0 Å². The largest absolute Gasteiger partial charge is 0.545 e. The minimum atomic E-state index is -1.44. The number of rotatable bonds is 4. The molecule has 2 aromatic carbocycles. The van der Waals surface area contributed by atoms with E-state index in [0.717, 1.165) is 29.9 Å². The maximum Gasteiger partial charge on any atom is 0.0718 e. The molecule has 0 radical (unpaired) electrons. The molecule has 116 valence electrons. The number of carboxylic acids is 2. The van der Waals surface area contributed by atoms with Crippen molar-refractivity contribution in [3.05, 3.63) is 64.2 Å². The fraction of sp³-hybridized carbons (Fsp3) is 0.158. The highest BCUT2D eigenvalue weighted by atomic mass is 16.4. The van der Waals surface area contributed by atoms with E-state index in [1.54, 1.807) is 0 Å².